The van der Waals surface area contributed by atoms with E-state index in [1.165, 1.54) is 16.7 Å². The van der Waals surface area contributed by atoms with Gasteiger partial charge in [0.1, 0.15) is 18.0 Å². The Morgan fingerprint density at radius 3 is 2.27 bits per heavy atom. The molecular formula is C22H24N2O7S2. The van der Waals surface area contributed by atoms with Crippen LogP contribution in [0.2, 0.25) is 0 Å². The molecule has 0 radical (unpaired) electrons. The Morgan fingerprint density at radius 2 is 1.67 bits per heavy atom. The molecular weight excluding hydrogens is 468 g/mol. The molecule has 3 rings (SSSR count). The Bertz CT molecular complexity index is 1320. The Hall–Kier alpha value is -3.18. The number of carbonyl (C=O) groups is 2. The molecule has 0 N–H and O–H groups in total. The van der Waals surface area contributed by atoms with Gasteiger partial charge in [0.15, 0.2) is 21.2 Å². The van der Waals surface area contributed by atoms with Gasteiger partial charge < -0.3 is 18.8 Å². The normalized spacial score (nSPS) is 12.0. The summed E-state index contributed by atoms with van der Waals surface area (Å²) in [5.74, 6) is 0.121. The lowest BCUT2D eigenvalue weighted by Crippen LogP contribution is -2.24. The number of fused-ring (bicyclic) bond motifs is 1. The average Bonchev–Trinajstić information content (AvgIpc) is 3.09. The number of thiazole rings is 1. The maximum absolute atomic E-state index is 12.5. The first-order valence-corrected chi connectivity index (χ1v) is 12.8. The van der Waals surface area contributed by atoms with Crippen molar-refractivity contribution in [1.82, 2.24) is 4.57 Å². The van der Waals surface area contributed by atoms with Crippen molar-refractivity contribution in [3.05, 3.63) is 47.3 Å². The fourth-order valence-corrected chi connectivity index (χ4v) is 4.75. The van der Waals surface area contributed by atoms with E-state index in [0.717, 1.165) is 17.6 Å². The van der Waals surface area contributed by atoms with Crippen LogP contribution in [0.25, 0.3) is 10.2 Å². The molecule has 0 spiro atoms. The number of nitrogens with zero attached hydrogens (tertiary/aromatic N) is 2. The molecule has 11 heteroatoms. The molecule has 0 aliphatic rings. The van der Waals surface area contributed by atoms with Gasteiger partial charge in [0.05, 0.1) is 28.3 Å². The van der Waals surface area contributed by atoms with Crippen molar-refractivity contribution in [3.8, 4) is 11.5 Å². The number of hydrogen-bond donors (Lipinski definition) is 0. The standard InChI is InChI=1S/C22H24N2O7S2/c1-4-29-15-6-8-16(9-7-15)31-14-20(25)23-22-24(13-21(26)30-5-2)18-11-10-17(33(3,27)28)12-19(18)32-22/h6-12H,4-5,13-14H2,1-3H3. The smallest absolute Gasteiger partial charge is 0.326 e. The summed E-state index contributed by atoms with van der Waals surface area (Å²) in [6, 6.07) is 11.4. The predicted molar refractivity (Wildman–Crippen MR) is 123 cm³/mol. The van der Waals surface area contributed by atoms with Crippen LogP contribution in [0.4, 0.5) is 0 Å². The zero-order valence-electron chi connectivity index (χ0n) is 18.4. The molecule has 0 saturated carbocycles. The lowest BCUT2D eigenvalue weighted by Gasteiger charge is -2.06. The van der Waals surface area contributed by atoms with Crippen LogP contribution < -0.4 is 14.3 Å². The van der Waals surface area contributed by atoms with Crippen LogP contribution in [0.1, 0.15) is 13.8 Å². The number of esters is 1. The largest absolute Gasteiger partial charge is 0.494 e. The van der Waals surface area contributed by atoms with Gasteiger partial charge in [-0.3, -0.25) is 9.59 Å². The SMILES string of the molecule is CCOC(=O)Cn1c(=NC(=O)COc2ccc(OCC)cc2)sc2cc(S(C)(=O)=O)ccc21. The Kier molecular flexibility index (Phi) is 7.88. The summed E-state index contributed by atoms with van der Waals surface area (Å²) in [4.78, 5) is 29.1. The van der Waals surface area contributed by atoms with Crippen LogP contribution >= 0.6 is 11.3 Å². The van der Waals surface area contributed by atoms with Crippen molar-refractivity contribution in [3.63, 3.8) is 0 Å². The first-order chi connectivity index (χ1) is 15.7. The van der Waals surface area contributed by atoms with Crippen molar-refractivity contribution in [2.24, 2.45) is 4.99 Å². The summed E-state index contributed by atoms with van der Waals surface area (Å²) < 4.78 is 41.8. The average molecular weight is 493 g/mol. The molecule has 176 valence electrons. The Morgan fingerprint density at radius 1 is 1.00 bits per heavy atom. The van der Waals surface area contributed by atoms with E-state index in [4.69, 9.17) is 14.2 Å². The molecule has 0 fully saturated rings. The van der Waals surface area contributed by atoms with Gasteiger partial charge in [0.25, 0.3) is 5.91 Å². The summed E-state index contributed by atoms with van der Waals surface area (Å²) in [7, 11) is -3.42. The van der Waals surface area contributed by atoms with Gasteiger partial charge in [-0.15, -0.1) is 0 Å². The second-order valence-electron chi connectivity index (χ2n) is 6.88. The van der Waals surface area contributed by atoms with Crippen LogP contribution in [0, 0.1) is 0 Å². The maximum atomic E-state index is 12.5. The van der Waals surface area contributed by atoms with E-state index < -0.39 is 21.7 Å². The minimum absolute atomic E-state index is 0.135. The van der Waals surface area contributed by atoms with Crippen molar-refractivity contribution in [1.29, 1.82) is 0 Å². The van der Waals surface area contributed by atoms with Crippen molar-refractivity contribution in [2.45, 2.75) is 25.3 Å². The third-order valence-electron chi connectivity index (χ3n) is 4.39. The lowest BCUT2D eigenvalue weighted by atomic mass is 10.3. The minimum Gasteiger partial charge on any atom is -0.494 e. The summed E-state index contributed by atoms with van der Waals surface area (Å²) in [5, 5.41) is 0. The van der Waals surface area contributed by atoms with Gasteiger partial charge in [-0.1, -0.05) is 11.3 Å². The van der Waals surface area contributed by atoms with E-state index in [9.17, 15) is 18.0 Å². The van der Waals surface area contributed by atoms with E-state index in [1.807, 2.05) is 6.92 Å². The third-order valence-corrected chi connectivity index (χ3v) is 6.54. The number of sulfone groups is 1. The second kappa shape index (κ2) is 10.6. The highest BCUT2D eigenvalue weighted by molar-refractivity contribution is 7.90. The molecule has 1 amide bonds. The molecule has 2 aromatic carbocycles. The van der Waals surface area contributed by atoms with Crippen LogP contribution in [-0.2, 0) is 30.7 Å². The highest BCUT2D eigenvalue weighted by atomic mass is 32.2. The summed E-state index contributed by atoms with van der Waals surface area (Å²) in [6.07, 6.45) is 1.11. The Labute approximate surface area is 195 Å². The molecule has 9 nitrogen and oxygen atoms in total. The fourth-order valence-electron chi connectivity index (χ4n) is 2.94. The third kappa shape index (κ3) is 6.42. The molecule has 1 heterocycles. The summed E-state index contributed by atoms with van der Waals surface area (Å²) >= 11 is 1.10. The fraction of sp³-hybridized carbons (Fsp3) is 0.318. The minimum atomic E-state index is -3.42. The number of ether oxygens (including phenoxy) is 3. The summed E-state index contributed by atoms with van der Waals surface area (Å²) in [6.45, 7) is 3.86. The highest BCUT2D eigenvalue weighted by Crippen LogP contribution is 2.22. The van der Waals surface area contributed by atoms with Gasteiger partial charge >= 0.3 is 5.97 Å². The topological polar surface area (TPSA) is 113 Å². The van der Waals surface area contributed by atoms with Gasteiger partial charge in [0, 0.05) is 6.26 Å². The molecule has 33 heavy (non-hydrogen) atoms. The second-order valence-corrected chi connectivity index (χ2v) is 9.90. The molecule has 0 bridgehead atoms. The zero-order valence-corrected chi connectivity index (χ0v) is 20.1. The molecule has 0 aliphatic carbocycles. The molecule has 0 aliphatic heterocycles. The van der Waals surface area contributed by atoms with E-state index in [1.54, 1.807) is 37.3 Å². The number of benzene rings is 2. The molecule has 0 unspecified atom stereocenters. The van der Waals surface area contributed by atoms with Crippen LogP contribution in [0.3, 0.4) is 0 Å². The predicted octanol–water partition coefficient (Wildman–Crippen LogP) is 2.57. The molecule has 3 aromatic rings. The molecule has 0 atom stereocenters. The quantitative estimate of drug-likeness (QED) is 0.422. The van der Waals surface area contributed by atoms with Crippen molar-refractivity contribution < 1.29 is 32.2 Å². The first-order valence-electron chi connectivity index (χ1n) is 10.1. The summed E-state index contributed by atoms with van der Waals surface area (Å²) in [5.41, 5.74) is 0.569. The number of aromatic nitrogens is 1. The van der Waals surface area contributed by atoms with Gasteiger partial charge in [-0.25, -0.2) is 8.42 Å². The maximum Gasteiger partial charge on any atom is 0.326 e. The van der Waals surface area contributed by atoms with Crippen LogP contribution in [-0.4, -0.2) is 50.9 Å². The van der Waals surface area contributed by atoms with Crippen LogP contribution in [0.5, 0.6) is 11.5 Å². The monoisotopic (exact) mass is 492 g/mol. The number of hydrogen-bond acceptors (Lipinski definition) is 8. The number of amides is 1. The van der Waals surface area contributed by atoms with Gasteiger partial charge in [0.2, 0.25) is 0 Å². The van der Waals surface area contributed by atoms with Gasteiger partial charge in [-0.05, 0) is 56.3 Å². The first kappa shape index (κ1) is 24.5. The highest BCUT2D eigenvalue weighted by Gasteiger charge is 2.15. The van der Waals surface area contributed by atoms with E-state index in [-0.39, 0.29) is 29.5 Å². The van der Waals surface area contributed by atoms with Gasteiger partial charge in [-0.2, -0.15) is 4.99 Å². The van der Waals surface area contributed by atoms with E-state index >= 15 is 0 Å². The van der Waals surface area contributed by atoms with Crippen molar-refractivity contribution >= 4 is 43.3 Å². The molecule has 0 saturated heterocycles. The van der Waals surface area contributed by atoms with E-state index in [0.29, 0.717) is 28.3 Å². The lowest BCUT2D eigenvalue weighted by molar-refractivity contribution is -0.143. The number of rotatable bonds is 9. The van der Waals surface area contributed by atoms with Crippen molar-refractivity contribution in [2.75, 3.05) is 26.1 Å². The van der Waals surface area contributed by atoms with E-state index in [2.05, 4.69) is 4.99 Å². The molecule has 1 aromatic heterocycles. The zero-order chi connectivity index (χ0) is 24.0. The van der Waals surface area contributed by atoms with Crippen LogP contribution in [0.15, 0.2) is 52.4 Å². The Balaban J connectivity index is 1.89. The number of carbonyl (C=O) groups excluding carboxylic acids is 2.